The van der Waals surface area contributed by atoms with Crippen molar-refractivity contribution in [3.63, 3.8) is 0 Å². The Morgan fingerprint density at radius 2 is 1.08 bits per heavy atom. The third-order valence-corrected chi connectivity index (χ3v) is 6.50. The number of unbranched alkanes of at least 4 members (excludes halogenated alkanes) is 7. The third kappa shape index (κ3) is 27.2. The first-order valence-corrected chi connectivity index (χ1v) is 15.6. The maximum Gasteiger partial charge on any atom is 0.220 e. The number of amides is 1. The lowest BCUT2D eigenvalue weighted by Gasteiger charge is -2.22. The molecule has 0 fully saturated rings. The van der Waals surface area contributed by atoms with E-state index in [-0.39, 0.29) is 12.5 Å². The Morgan fingerprint density at radius 3 is 1.54 bits per heavy atom. The molecule has 39 heavy (non-hydrogen) atoms. The molecular formula is C35H59NO3. The van der Waals surface area contributed by atoms with E-state index < -0.39 is 12.1 Å². The first-order valence-electron chi connectivity index (χ1n) is 15.6. The van der Waals surface area contributed by atoms with Crippen LogP contribution >= 0.6 is 0 Å². The van der Waals surface area contributed by atoms with Gasteiger partial charge in [-0.3, -0.25) is 4.79 Å². The van der Waals surface area contributed by atoms with Crippen molar-refractivity contribution in [3.05, 3.63) is 72.9 Å². The van der Waals surface area contributed by atoms with Crippen LogP contribution in [0.2, 0.25) is 0 Å². The molecule has 0 heterocycles. The Kier molecular flexibility index (Phi) is 28.7. The average molecular weight is 542 g/mol. The highest BCUT2D eigenvalue weighted by Gasteiger charge is 2.19. The summed E-state index contributed by atoms with van der Waals surface area (Å²) in [6.45, 7) is 4.14. The van der Waals surface area contributed by atoms with Gasteiger partial charge in [0.2, 0.25) is 5.91 Å². The summed E-state index contributed by atoms with van der Waals surface area (Å²) in [6, 6.07) is -0.577. The zero-order chi connectivity index (χ0) is 28.7. The molecule has 0 radical (unpaired) electrons. The second-order valence-corrected chi connectivity index (χ2v) is 10.1. The summed E-state index contributed by atoms with van der Waals surface area (Å²) in [5.41, 5.74) is 0. The van der Waals surface area contributed by atoms with Gasteiger partial charge in [-0.1, -0.05) is 138 Å². The number of allylic oxidation sites excluding steroid dienone is 12. The highest BCUT2D eigenvalue weighted by molar-refractivity contribution is 5.76. The molecule has 0 saturated heterocycles. The van der Waals surface area contributed by atoms with E-state index in [1.807, 2.05) is 6.08 Å². The minimum absolute atomic E-state index is 0.122. The van der Waals surface area contributed by atoms with Gasteiger partial charge in [0.15, 0.2) is 0 Å². The van der Waals surface area contributed by atoms with Crippen molar-refractivity contribution in [2.24, 2.45) is 0 Å². The second-order valence-electron chi connectivity index (χ2n) is 10.1. The van der Waals surface area contributed by atoms with E-state index in [2.05, 4.69) is 86.0 Å². The Labute approximate surface area is 240 Å². The van der Waals surface area contributed by atoms with Gasteiger partial charge in [0, 0.05) is 6.42 Å². The van der Waals surface area contributed by atoms with Crippen LogP contribution in [0, 0.1) is 0 Å². The van der Waals surface area contributed by atoms with E-state index in [0.717, 1.165) is 51.4 Å². The van der Waals surface area contributed by atoms with Gasteiger partial charge in [0.1, 0.15) is 0 Å². The number of rotatable bonds is 26. The maximum atomic E-state index is 12.2. The minimum atomic E-state index is -0.690. The Balaban J connectivity index is 3.82. The van der Waals surface area contributed by atoms with Crippen LogP contribution in [0.5, 0.6) is 0 Å². The normalized spacial score (nSPS) is 14.3. The maximum absolute atomic E-state index is 12.2. The molecule has 0 rings (SSSR count). The molecule has 0 aliphatic heterocycles. The van der Waals surface area contributed by atoms with E-state index >= 15 is 0 Å². The Hall–Kier alpha value is -2.17. The van der Waals surface area contributed by atoms with Gasteiger partial charge < -0.3 is 15.5 Å². The van der Waals surface area contributed by atoms with Crippen LogP contribution in [0.3, 0.4) is 0 Å². The molecule has 0 aliphatic rings. The number of hydrogen-bond donors (Lipinski definition) is 3. The number of nitrogens with one attached hydrogen (secondary N) is 1. The fourth-order valence-corrected chi connectivity index (χ4v) is 4.09. The molecule has 2 unspecified atom stereocenters. The monoisotopic (exact) mass is 541 g/mol. The van der Waals surface area contributed by atoms with Gasteiger partial charge in [-0.15, -0.1) is 0 Å². The molecule has 4 heteroatoms. The van der Waals surface area contributed by atoms with E-state index in [9.17, 15) is 15.0 Å². The van der Waals surface area contributed by atoms with Crippen LogP contribution in [0.4, 0.5) is 0 Å². The van der Waals surface area contributed by atoms with Crippen molar-refractivity contribution in [3.8, 4) is 0 Å². The first-order chi connectivity index (χ1) is 19.2. The summed E-state index contributed by atoms with van der Waals surface area (Å²) >= 11 is 0. The average Bonchev–Trinajstić information content (AvgIpc) is 2.94. The molecule has 2 atom stereocenters. The summed E-state index contributed by atoms with van der Waals surface area (Å²) in [6.07, 6.45) is 42.4. The smallest absolute Gasteiger partial charge is 0.220 e. The van der Waals surface area contributed by atoms with Gasteiger partial charge in [-0.05, 0) is 51.4 Å². The van der Waals surface area contributed by atoms with Gasteiger partial charge in [-0.2, -0.15) is 0 Å². The quantitative estimate of drug-likeness (QED) is 0.0757. The molecule has 0 spiro atoms. The van der Waals surface area contributed by atoms with Gasteiger partial charge in [0.05, 0.1) is 18.8 Å². The number of carbonyl (C=O) groups is 1. The van der Waals surface area contributed by atoms with Crippen molar-refractivity contribution < 1.29 is 15.0 Å². The van der Waals surface area contributed by atoms with Gasteiger partial charge >= 0.3 is 0 Å². The Morgan fingerprint density at radius 1 is 0.641 bits per heavy atom. The number of aliphatic hydroxyl groups excluding tert-OH is 2. The van der Waals surface area contributed by atoms with Crippen LogP contribution < -0.4 is 5.32 Å². The molecule has 0 bridgehead atoms. The van der Waals surface area contributed by atoms with E-state index in [0.29, 0.717) is 19.3 Å². The van der Waals surface area contributed by atoms with E-state index in [4.69, 9.17) is 0 Å². The van der Waals surface area contributed by atoms with Gasteiger partial charge in [-0.25, -0.2) is 0 Å². The first kappa shape index (κ1) is 36.8. The molecule has 0 aromatic heterocycles. The lowest BCUT2D eigenvalue weighted by molar-refractivity contribution is -0.123. The van der Waals surface area contributed by atoms with Crippen LogP contribution in [0.25, 0.3) is 0 Å². The van der Waals surface area contributed by atoms with Crippen LogP contribution in [0.15, 0.2) is 72.9 Å². The van der Waals surface area contributed by atoms with Crippen LogP contribution in [-0.4, -0.2) is 34.9 Å². The summed E-state index contributed by atoms with van der Waals surface area (Å²) < 4.78 is 0. The highest BCUT2D eigenvalue weighted by atomic mass is 16.3. The predicted molar refractivity (Wildman–Crippen MR) is 170 cm³/mol. The molecular weight excluding hydrogens is 482 g/mol. The fraction of sp³-hybridized carbons (Fsp3) is 0.629. The lowest BCUT2D eigenvalue weighted by Crippen LogP contribution is -2.45. The summed E-state index contributed by atoms with van der Waals surface area (Å²) in [7, 11) is 0. The number of hydrogen-bond acceptors (Lipinski definition) is 3. The third-order valence-electron chi connectivity index (χ3n) is 6.50. The molecule has 0 saturated carbocycles. The number of aliphatic hydroxyl groups is 2. The largest absolute Gasteiger partial charge is 0.394 e. The van der Waals surface area contributed by atoms with Crippen LogP contribution in [0.1, 0.15) is 123 Å². The van der Waals surface area contributed by atoms with Crippen molar-refractivity contribution in [2.45, 2.75) is 135 Å². The zero-order valence-corrected chi connectivity index (χ0v) is 25.1. The van der Waals surface area contributed by atoms with Crippen molar-refractivity contribution in [2.75, 3.05) is 6.61 Å². The fourth-order valence-electron chi connectivity index (χ4n) is 4.09. The van der Waals surface area contributed by atoms with Crippen LogP contribution in [-0.2, 0) is 4.79 Å². The number of carbonyl (C=O) groups excluding carboxylic acids is 1. The SMILES string of the molecule is CC/C=C\C/C=C\C/C=C\C/C=C\C/C=C\C/C=C\CCC(=O)NC(CO)C(O)CCCCCCCCCC. The predicted octanol–water partition coefficient (Wildman–Crippen LogP) is 8.83. The molecule has 0 aromatic rings. The molecule has 222 valence electrons. The van der Waals surface area contributed by atoms with E-state index in [1.54, 1.807) is 0 Å². The van der Waals surface area contributed by atoms with Crippen molar-refractivity contribution in [1.82, 2.24) is 5.32 Å². The Bertz CT molecular complexity index is 717. The standard InChI is InChI=1S/C35H59NO3/c1-3-5-7-9-11-13-14-15-16-17-18-19-20-21-22-23-25-27-29-31-35(39)36-33(32-37)34(38)30-28-26-24-12-10-8-6-4-2/h5,7,11,13,15-16,18-19,21-22,25,27,33-34,37-38H,3-4,6,8-10,12,14,17,20,23-24,26,28-32H2,1-2H3,(H,36,39)/b7-5-,13-11-,16-15-,19-18-,22-21-,27-25-. The molecule has 4 nitrogen and oxygen atoms in total. The van der Waals surface area contributed by atoms with Crippen molar-refractivity contribution >= 4 is 5.91 Å². The molecule has 0 aromatic carbocycles. The van der Waals surface area contributed by atoms with Crippen molar-refractivity contribution in [1.29, 1.82) is 0 Å². The molecule has 3 N–H and O–H groups in total. The minimum Gasteiger partial charge on any atom is -0.394 e. The zero-order valence-electron chi connectivity index (χ0n) is 25.1. The highest BCUT2D eigenvalue weighted by Crippen LogP contribution is 2.12. The topological polar surface area (TPSA) is 69.6 Å². The summed E-state index contributed by atoms with van der Waals surface area (Å²) in [4.78, 5) is 12.2. The molecule has 1 amide bonds. The summed E-state index contributed by atoms with van der Waals surface area (Å²) in [5.74, 6) is -0.122. The van der Waals surface area contributed by atoms with E-state index in [1.165, 1.54) is 38.5 Å². The second kappa shape index (κ2) is 30.4. The molecule has 0 aliphatic carbocycles. The summed E-state index contributed by atoms with van der Waals surface area (Å²) in [5, 5.41) is 22.7. The lowest BCUT2D eigenvalue weighted by atomic mass is 10.0. The van der Waals surface area contributed by atoms with Gasteiger partial charge in [0.25, 0.3) is 0 Å².